The van der Waals surface area contributed by atoms with Gasteiger partial charge in [0.1, 0.15) is 0 Å². The first-order chi connectivity index (χ1) is 8.13. The summed E-state index contributed by atoms with van der Waals surface area (Å²) in [5.74, 6) is 0.680. The number of rotatable bonds is 4. The summed E-state index contributed by atoms with van der Waals surface area (Å²) in [4.78, 5) is 12.9. The number of hydrogen-bond donors (Lipinski definition) is 3. The van der Waals surface area contributed by atoms with Gasteiger partial charge in [0, 0.05) is 11.4 Å². The van der Waals surface area contributed by atoms with Gasteiger partial charge in [0.15, 0.2) is 0 Å². The van der Waals surface area contributed by atoms with Gasteiger partial charge in [-0.3, -0.25) is 0 Å². The predicted octanol–water partition coefficient (Wildman–Crippen LogP) is 1.06. The number of nitrogens with one attached hydrogen (secondary N) is 1. The zero-order valence-electron chi connectivity index (χ0n) is 9.47. The molecular weight excluding hydrogens is 236 g/mol. The molecule has 0 aromatic carbocycles. The van der Waals surface area contributed by atoms with Crippen molar-refractivity contribution >= 4 is 29.2 Å². The molecular formula is C10H14N6S. The fourth-order valence-electron chi connectivity index (χ4n) is 1.44. The summed E-state index contributed by atoms with van der Waals surface area (Å²) in [6.45, 7) is 2.83. The molecule has 0 spiro atoms. The Balaban J connectivity index is 1.89. The molecule has 2 aromatic heterocycles. The summed E-state index contributed by atoms with van der Waals surface area (Å²) < 4.78 is 0. The van der Waals surface area contributed by atoms with Crippen LogP contribution in [-0.4, -0.2) is 21.5 Å². The van der Waals surface area contributed by atoms with Crippen molar-refractivity contribution in [3.05, 3.63) is 21.9 Å². The summed E-state index contributed by atoms with van der Waals surface area (Å²) in [5, 5.41) is 5.21. The zero-order chi connectivity index (χ0) is 12.3. The third-order valence-corrected chi connectivity index (χ3v) is 3.06. The standard InChI is InChI=1S/C10H14N6S/c1-6-4-7(5-17-6)2-3-13-10-15-8(11)14-9(12)16-10/h4-5H,2-3H2,1H3,(H5,11,12,13,14,15,16). The first-order valence-electron chi connectivity index (χ1n) is 5.18. The number of hydrogen-bond acceptors (Lipinski definition) is 7. The van der Waals surface area contributed by atoms with Gasteiger partial charge in [-0.05, 0) is 30.4 Å². The van der Waals surface area contributed by atoms with E-state index in [-0.39, 0.29) is 11.9 Å². The van der Waals surface area contributed by atoms with Gasteiger partial charge in [-0.25, -0.2) is 0 Å². The quantitative estimate of drug-likeness (QED) is 0.749. The highest BCUT2D eigenvalue weighted by atomic mass is 32.1. The number of aryl methyl sites for hydroxylation is 1. The summed E-state index contributed by atoms with van der Waals surface area (Å²) in [5.41, 5.74) is 12.2. The molecule has 17 heavy (non-hydrogen) atoms. The van der Waals surface area contributed by atoms with Crippen LogP contribution in [0.2, 0.25) is 0 Å². The van der Waals surface area contributed by atoms with Crippen LogP contribution in [0.5, 0.6) is 0 Å². The summed E-state index contributed by atoms with van der Waals surface area (Å²) in [7, 11) is 0. The first kappa shape index (κ1) is 11.6. The van der Waals surface area contributed by atoms with E-state index in [2.05, 4.69) is 38.6 Å². The number of aromatic nitrogens is 3. The van der Waals surface area contributed by atoms with Crippen molar-refractivity contribution in [2.75, 3.05) is 23.3 Å². The molecule has 0 aliphatic rings. The van der Waals surface area contributed by atoms with Gasteiger partial charge < -0.3 is 16.8 Å². The number of nitrogens with two attached hydrogens (primary N) is 2. The highest BCUT2D eigenvalue weighted by Gasteiger charge is 2.01. The van der Waals surface area contributed by atoms with Gasteiger partial charge in [-0.1, -0.05) is 0 Å². The molecule has 90 valence electrons. The fraction of sp³-hybridized carbons (Fsp3) is 0.300. The molecule has 2 rings (SSSR count). The van der Waals surface area contributed by atoms with Gasteiger partial charge >= 0.3 is 0 Å². The summed E-state index contributed by atoms with van der Waals surface area (Å²) in [6, 6.07) is 2.17. The molecule has 7 heteroatoms. The van der Waals surface area contributed by atoms with E-state index in [4.69, 9.17) is 11.5 Å². The van der Waals surface area contributed by atoms with Gasteiger partial charge in [0.05, 0.1) is 0 Å². The van der Waals surface area contributed by atoms with Crippen molar-refractivity contribution < 1.29 is 0 Å². The molecule has 0 aliphatic heterocycles. The highest BCUT2D eigenvalue weighted by Crippen LogP contribution is 2.13. The molecule has 6 nitrogen and oxygen atoms in total. The number of nitrogen functional groups attached to an aromatic ring is 2. The lowest BCUT2D eigenvalue weighted by molar-refractivity contribution is 0.976. The van der Waals surface area contributed by atoms with E-state index in [1.54, 1.807) is 11.3 Å². The Kier molecular flexibility index (Phi) is 3.38. The average Bonchev–Trinajstić information content (AvgIpc) is 2.63. The number of nitrogens with zero attached hydrogens (tertiary/aromatic N) is 3. The third-order valence-electron chi connectivity index (χ3n) is 2.15. The van der Waals surface area contributed by atoms with Gasteiger partial charge in [-0.15, -0.1) is 11.3 Å². The molecule has 0 saturated carbocycles. The van der Waals surface area contributed by atoms with Crippen LogP contribution in [0, 0.1) is 6.92 Å². The largest absolute Gasteiger partial charge is 0.368 e. The van der Waals surface area contributed by atoms with Crippen molar-refractivity contribution in [3.8, 4) is 0 Å². The Morgan fingerprint density at radius 2 is 1.94 bits per heavy atom. The minimum absolute atomic E-state index is 0.131. The SMILES string of the molecule is Cc1cc(CCNc2nc(N)nc(N)n2)cs1. The summed E-state index contributed by atoms with van der Waals surface area (Å²) in [6.07, 6.45) is 0.913. The second kappa shape index (κ2) is 4.96. The Bertz CT molecular complexity index is 489. The predicted molar refractivity (Wildman–Crippen MR) is 69.9 cm³/mol. The Hall–Kier alpha value is -1.89. The molecule has 2 heterocycles. The second-order valence-corrected chi connectivity index (χ2v) is 4.73. The molecule has 0 atom stereocenters. The van der Waals surface area contributed by atoms with E-state index < -0.39 is 0 Å². The first-order valence-corrected chi connectivity index (χ1v) is 6.06. The van der Waals surface area contributed by atoms with Crippen molar-refractivity contribution in [3.63, 3.8) is 0 Å². The van der Waals surface area contributed by atoms with Gasteiger partial charge in [-0.2, -0.15) is 15.0 Å². The number of anilines is 3. The smallest absolute Gasteiger partial charge is 0.229 e. The average molecular weight is 250 g/mol. The van der Waals surface area contributed by atoms with Crippen LogP contribution in [0.3, 0.4) is 0 Å². The van der Waals surface area contributed by atoms with Crippen LogP contribution in [0.15, 0.2) is 11.4 Å². The van der Waals surface area contributed by atoms with Crippen molar-refractivity contribution in [1.29, 1.82) is 0 Å². The van der Waals surface area contributed by atoms with E-state index in [9.17, 15) is 0 Å². The maximum Gasteiger partial charge on any atom is 0.229 e. The van der Waals surface area contributed by atoms with Crippen LogP contribution < -0.4 is 16.8 Å². The van der Waals surface area contributed by atoms with Crippen LogP contribution in [0.4, 0.5) is 17.8 Å². The van der Waals surface area contributed by atoms with E-state index in [0.29, 0.717) is 5.95 Å². The topological polar surface area (TPSA) is 103 Å². The van der Waals surface area contributed by atoms with Crippen LogP contribution in [0.25, 0.3) is 0 Å². The normalized spacial score (nSPS) is 10.4. The minimum atomic E-state index is 0.131. The van der Waals surface area contributed by atoms with E-state index in [1.807, 2.05) is 0 Å². The molecule has 2 aromatic rings. The van der Waals surface area contributed by atoms with Crippen LogP contribution in [-0.2, 0) is 6.42 Å². The van der Waals surface area contributed by atoms with Crippen molar-refractivity contribution in [2.24, 2.45) is 0 Å². The van der Waals surface area contributed by atoms with E-state index in [0.717, 1.165) is 13.0 Å². The fourth-order valence-corrected chi connectivity index (χ4v) is 2.18. The Morgan fingerprint density at radius 3 is 2.53 bits per heavy atom. The molecule has 5 N–H and O–H groups in total. The lowest BCUT2D eigenvalue weighted by atomic mass is 10.2. The van der Waals surface area contributed by atoms with E-state index in [1.165, 1.54) is 10.4 Å². The van der Waals surface area contributed by atoms with Crippen molar-refractivity contribution in [1.82, 2.24) is 15.0 Å². The molecule has 0 aliphatic carbocycles. The highest BCUT2D eigenvalue weighted by molar-refractivity contribution is 7.10. The molecule has 0 bridgehead atoms. The van der Waals surface area contributed by atoms with Gasteiger partial charge in [0.2, 0.25) is 17.8 Å². The molecule has 0 fully saturated rings. The summed E-state index contributed by atoms with van der Waals surface area (Å²) >= 11 is 1.75. The number of thiophene rings is 1. The lowest BCUT2D eigenvalue weighted by Gasteiger charge is -2.04. The lowest BCUT2D eigenvalue weighted by Crippen LogP contribution is -2.11. The maximum absolute atomic E-state index is 5.47. The van der Waals surface area contributed by atoms with Crippen LogP contribution >= 0.6 is 11.3 Å². The maximum atomic E-state index is 5.47. The zero-order valence-corrected chi connectivity index (χ0v) is 10.3. The van der Waals surface area contributed by atoms with Crippen LogP contribution in [0.1, 0.15) is 10.4 Å². The van der Waals surface area contributed by atoms with Gasteiger partial charge in [0.25, 0.3) is 0 Å². The molecule has 0 amide bonds. The monoisotopic (exact) mass is 250 g/mol. The Morgan fingerprint density at radius 1 is 1.24 bits per heavy atom. The minimum Gasteiger partial charge on any atom is -0.368 e. The van der Waals surface area contributed by atoms with Crippen molar-refractivity contribution in [2.45, 2.75) is 13.3 Å². The third kappa shape index (κ3) is 3.28. The molecule has 0 unspecified atom stereocenters. The van der Waals surface area contributed by atoms with E-state index >= 15 is 0 Å². The molecule has 0 saturated heterocycles. The Labute approximate surface area is 103 Å². The molecule has 0 radical (unpaired) electrons. The second-order valence-electron chi connectivity index (χ2n) is 3.62.